The van der Waals surface area contributed by atoms with E-state index in [2.05, 4.69) is 15.3 Å². The summed E-state index contributed by atoms with van der Waals surface area (Å²) in [7, 11) is -3.70. The molecule has 0 amide bonds. The number of anilines is 1. The van der Waals surface area contributed by atoms with E-state index >= 15 is 0 Å². The highest BCUT2D eigenvalue weighted by Crippen LogP contribution is 2.33. The Labute approximate surface area is 180 Å². The van der Waals surface area contributed by atoms with Crippen molar-refractivity contribution in [1.29, 1.82) is 0 Å². The van der Waals surface area contributed by atoms with Gasteiger partial charge in [0, 0.05) is 17.3 Å². The smallest absolute Gasteiger partial charge is 0.244 e. The van der Waals surface area contributed by atoms with E-state index in [0.717, 1.165) is 12.8 Å². The first-order valence-electron chi connectivity index (χ1n) is 10.1. The lowest BCUT2D eigenvalue weighted by molar-refractivity contribution is 0.475. The van der Waals surface area contributed by atoms with Crippen molar-refractivity contribution in [2.24, 2.45) is 0 Å². The predicted octanol–water partition coefficient (Wildman–Crippen LogP) is 4.06. The highest BCUT2D eigenvalue weighted by Gasteiger charge is 2.27. The van der Waals surface area contributed by atoms with Crippen LogP contribution in [-0.4, -0.2) is 33.5 Å². The SMILES string of the molecule is Cc1cc2c(NC3CC3)nc(-c3ccc(O)cc3)nc2n1S(=O)(=O)Cc1ccccc1. The predicted molar refractivity (Wildman–Crippen MR) is 120 cm³/mol. The van der Waals surface area contributed by atoms with Crippen LogP contribution < -0.4 is 5.32 Å². The average Bonchev–Trinajstić information content (AvgIpc) is 3.48. The van der Waals surface area contributed by atoms with Crippen molar-refractivity contribution in [1.82, 2.24) is 13.9 Å². The minimum absolute atomic E-state index is 0.123. The van der Waals surface area contributed by atoms with Crippen molar-refractivity contribution in [2.75, 3.05) is 5.32 Å². The minimum atomic E-state index is -3.70. The van der Waals surface area contributed by atoms with Crippen LogP contribution in [0, 0.1) is 6.92 Å². The Hall–Kier alpha value is -3.39. The van der Waals surface area contributed by atoms with E-state index in [9.17, 15) is 13.5 Å². The molecule has 5 rings (SSSR count). The third-order valence-electron chi connectivity index (χ3n) is 5.31. The Morgan fingerprint density at radius 1 is 1.06 bits per heavy atom. The Morgan fingerprint density at radius 2 is 1.77 bits per heavy atom. The van der Waals surface area contributed by atoms with Crippen LogP contribution in [0.1, 0.15) is 24.1 Å². The monoisotopic (exact) mass is 434 g/mol. The van der Waals surface area contributed by atoms with Crippen molar-refractivity contribution >= 4 is 26.9 Å². The number of nitrogens with one attached hydrogen (secondary N) is 1. The maximum absolute atomic E-state index is 13.4. The molecule has 1 saturated carbocycles. The van der Waals surface area contributed by atoms with Crippen LogP contribution in [0.15, 0.2) is 60.7 Å². The molecule has 1 aliphatic rings. The topological polar surface area (TPSA) is 97.1 Å². The fraction of sp³-hybridized carbons (Fsp3) is 0.217. The van der Waals surface area contributed by atoms with Crippen molar-refractivity contribution < 1.29 is 13.5 Å². The Morgan fingerprint density at radius 3 is 2.45 bits per heavy atom. The summed E-state index contributed by atoms with van der Waals surface area (Å²) < 4.78 is 28.1. The second-order valence-corrected chi connectivity index (χ2v) is 9.71. The van der Waals surface area contributed by atoms with Crippen LogP contribution in [0.2, 0.25) is 0 Å². The van der Waals surface area contributed by atoms with Gasteiger partial charge in [0.2, 0.25) is 10.0 Å². The van der Waals surface area contributed by atoms with E-state index in [4.69, 9.17) is 0 Å². The summed E-state index contributed by atoms with van der Waals surface area (Å²) in [5, 5.41) is 13.7. The quantitative estimate of drug-likeness (QED) is 0.475. The Bertz CT molecular complexity index is 1360. The Balaban J connectivity index is 1.68. The summed E-state index contributed by atoms with van der Waals surface area (Å²) in [6.07, 6.45) is 2.12. The van der Waals surface area contributed by atoms with Gasteiger partial charge in [0.15, 0.2) is 11.5 Å². The van der Waals surface area contributed by atoms with Gasteiger partial charge in [-0.15, -0.1) is 0 Å². The second kappa shape index (κ2) is 7.39. The number of phenols is 1. The van der Waals surface area contributed by atoms with E-state index in [-0.39, 0.29) is 11.5 Å². The molecule has 0 aliphatic heterocycles. The van der Waals surface area contributed by atoms with Gasteiger partial charge in [-0.05, 0) is 55.7 Å². The molecule has 4 aromatic rings. The van der Waals surface area contributed by atoms with Crippen LogP contribution in [0.4, 0.5) is 5.82 Å². The number of hydrogen-bond acceptors (Lipinski definition) is 6. The minimum Gasteiger partial charge on any atom is -0.508 e. The molecule has 2 N–H and O–H groups in total. The molecule has 0 saturated heterocycles. The van der Waals surface area contributed by atoms with E-state index < -0.39 is 10.0 Å². The first kappa shape index (κ1) is 19.6. The van der Waals surface area contributed by atoms with Gasteiger partial charge >= 0.3 is 0 Å². The third-order valence-corrected chi connectivity index (χ3v) is 7.02. The van der Waals surface area contributed by atoms with Crippen LogP contribution >= 0.6 is 0 Å². The zero-order valence-electron chi connectivity index (χ0n) is 17.0. The van der Waals surface area contributed by atoms with Crippen molar-refractivity contribution in [2.45, 2.75) is 31.6 Å². The number of nitrogens with zero attached hydrogens (tertiary/aromatic N) is 3. The normalized spacial score (nSPS) is 14.1. The van der Waals surface area contributed by atoms with Gasteiger partial charge in [-0.2, -0.15) is 0 Å². The maximum atomic E-state index is 13.4. The molecule has 8 heteroatoms. The zero-order valence-corrected chi connectivity index (χ0v) is 17.8. The standard InChI is InChI=1S/C23H22N4O3S/c1-15-13-20-22(24-18-9-10-18)25-21(17-7-11-19(28)12-8-17)26-23(20)27(15)31(29,30)14-16-5-3-2-4-6-16/h2-8,11-13,18,28H,9-10,14H2,1H3,(H,24,25,26). The molecule has 158 valence electrons. The number of aromatic nitrogens is 3. The van der Waals surface area contributed by atoms with Crippen molar-refractivity contribution in [3.63, 3.8) is 0 Å². The first-order chi connectivity index (χ1) is 14.9. The molecule has 0 atom stereocenters. The summed E-state index contributed by atoms with van der Waals surface area (Å²) >= 11 is 0. The summed E-state index contributed by atoms with van der Waals surface area (Å²) in [5.41, 5.74) is 2.36. The number of aryl methyl sites for hydroxylation is 1. The molecule has 1 aliphatic carbocycles. The molecule has 2 heterocycles. The molecule has 0 bridgehead atoms. The number of aromatic hydroxyl groups is 1. The molecular weight excluding hydrogens is 412 g/mol. The zero-order chi connectivity index (χ0) is 21.6. The highest BCUT2D eigenvalue weighted by molar-refractivity contribution is 7.89. The van der Waals surface area contributed by atoms with Crippen LogP contribution in [0.3, 0.4) is 0 Å². The average molecular weight is 435 g/mol. The number of phenolic OH excluding ortho intramolecular Hbond substituents is 1. The molecule has 2 aromatic carbocycles. The molecule has 1 fully saturated rings. The lowest BCUT2D eigenvalue weighted by atomic mass is 10.2. The molecule has 7 nitrogen and oxygen atoms in total. The first-order valence-corrected chi connectivity index (χ1v) is 11.7. The molecule has 0 spiro atoms. The fourth-order valence-corrected chi connectivity index (χ4v) is 5.29. The van der Waals surface area contributed by atoms with Crippen LogP contribution in [-0.2, 0) is 15.8 Å². The van der Waals surface area contributed by atoms with Crippen molar-refractivity contribution in [3.8, 4) is 17.1 Å². The van der Waals surface area contributed by atoms with Gasteiger partial charge < -0.3 is 10.4 Å². The van der Waals surface area contributed by atoms with Crippen LogP contribution in [0.25, 0.3) is 22.4 Å². The summed E-state index contributed by atoms with van der Waals surface area (Å²) in [5.74, 6) is 1.06. The van der Waals surface area contributed by atoms with E-state index in [1.54, 1.807) is 43.3 Å². The van der Waals surface area contributed by atoms with Gasteiger partial charge in [0.05, 0.1) is 11.1 Å². The van der Waals surface area contributed by atoms with Crippen molar-refractivity contribution in [3.05, 3.63) is 71.9 Å². The van der Waals surface area contributed by atoms with Gasteiger partial charge in [-0.1, -0.05) is 30.3 Å². The number of hydrogen-bond donors (Lipinski definition) is 2. The lowest BCUT2D eigenvalue weighted by Gasteiger charge is -2.12. The molecular formula is C23H22N4O3S. The third kappa shape index (κ3) is 3.86. The molecule has 31 heavy (non-hydrogen) atoms. The van der Waals surface area contributed by atoms with E-state index in [0.29, 0.717) is 45.5 Å². The number of rotatable bonds is 6. The fourth-order valence-electron chi connectivity index (χ4n) is 3.65. The van der Waals surface area contributed by atoms with Gasteiger partial charge in [0.25, 0.3) is 0 Å². The molecule has 0 radical (unpaired) electrons. The summed E-state index contributed by atoms with van der Waals surface area (Å²) in [6.45, 7) is 1.77. The summed E-state index contributed by atoms with van der Waals surface area (Å²) in [4.78, 5) is 9.33. The maximum Gasteiger partial charge on any atom is 0.244 e. The van der Waals surface area contributed by atoms with Crippen LogP contribution in [0.5, 0.6) is 5.75 Å². The second-order valence-electron chi connectivity index (χ2n) is 7.89. The number of fused-ring (bicyclic) bond motifs is 1. The largest absolute Gasteiger partial charge is 0.508 e. The van der Waals surface area contributed by atoms with Gasteiger partial charge in [0.1, 0.15) is 11.6 Å². The summed E-state index contributed by atoms with van der Waals surface area (Å²) in [6, 6.07) is 17.8. The van der Waals surface area contributed by atoms with Gasteiger partial charge in [-0.25, -0.2) is 22.4 Å². The Kier molecular flexibility index (Phi) is 4.66. The molecule has 2 aromatic heterocycles. The number of benzene rings is 2. The van der Waals surface area contributed by atoms with Gasteiger partial charge in [-0.3, -0.25) is 0 Å². The molecule has 0 unspecified atom stereocenters. The highest BCUT2D eigenvalue weighted by atomic mass is 32.2. The van der Waals surface area contributed by atoms with E-state index in [1.807, 2.05) is 24.3 Å². The lowest BCUT2D eigenvalue weighted by Crippen LogP contribution is -2.17. The van der Waals surface area contributed by atoms with E-state index in [1.165, 1.54) is 3.97 Å².